The maximum absolute atomic E-state index is 12.2. The second kappa shape index (κ2) is 5.23. The summed E-state index contributed by atoms with van der Waals surface area (Å²) in [5.41, 5.74) is 1.02. The van der Waals surface area contributed by atoms with E-state index in [1.165, 1.54) is 0 Å². The quantitative estimate of drug-likeness (QED) is 0.815. The summed E-state index contributed by atoms with van der Waals surface area (Å²) in [5.74, 6) is -0.0940. The molecule has 0 amide bonds. The second-order valence-corrected chi connectivity index (χ2v) is 4.55. The number of hydrogen-bond acceptors (Lipinski definition) is 3. The maximum atomic E-state index is 12.2. The van der Waals surface area contributed by atoms with E-state index in [0.717, 1.165) is 17.4 Å². The van der Waals surface area contributed by atoms with Crippen molar-refractivity contribution in [2.24, 2.45) is 0 Å². The molecule has 0 spiro atoms. The summed E-state index contributed by atoms with van der Waals surface area (Å²) in [6, 6.07) is 5.23. The Labute approximate surface area is 108 Å². The summed E-state index contributed by atoms with van der Waals surface area (Å²) in [7, 11) is 0. The Bertz CT molecular complexity index is 519. The van der Waals surface area contributed by atoms with Crippen molar-refractivity contribution >= 4 is 21.7 Å². The van der Waals surface area contributed by atoms with Crippen molar-refractivity contribution < 1.29 is 4.79 Å². The molecule has 0 saturated carbocycles. The van der Waals surface area contributed by atoms with E-state index >= 15 is 0 Å². The highest BCUT2D eigenvalue weighted by atomic mass is 79.9. The lowest BCUT2D eigenvalue weighted by Gasteiger charge is -2.04. The predicted octanol–water partition coefficient (Wildman–Crippen LogP) is 2.68. The van der Waals surface area contributed by atoms with E-state index in [-0.39, 0.29) is 5.78 Å². The van der Waals surface area contributed by atoms with Gasteiger partial charge in [-0.3, -0.25) is 14.5 Å². The number of pyridine rings is 1. The highest BCUT2D eigenvalue weighted by Gasteiger charge is 2.14. The van der Waals surface area contributed by atoms with E-state index in [0.29, 0.717) is 11.4 Å². The zero-order chi connectivity index (χ0) is 12.3. The molecule has 0 N–H and O–H groups in total. The molecule has 0 aliphatic heterocycles. The van der Waals surface area contributed by atoms with Crippen LogP contribution >= 0.6 is 15.9 Å². The molecule has 0 aliphatic carbocycles. The van der Waals surface area contributed by atoms with Gasteiger partial charge in [-0.25, -0.2) is 0 Å². The predicted molar refractivity (Wildman–Crippen MR) is 67.9 cm³/mol. The molecule has 0 bridgehead atoms. The molecule has 0 saturated heterocycles. The summed E-state index contributed by atoms with van der Waals surface area (Å²) < 4.78 is 2.57. The molecule has 0 unspecified atom stereocenters. The van der Waals surface area contributed by atoms with Crippen LogP contribution < -0.4 is 0 Å². The van der Waals surface area contributed by atoms with Crippen LogP contribution in [0.5, 0.6) is 0 Å². The number of rotatable bonds is 4. The number of hydrogen-bond donors (Lipinski definition) is 0. The van der Waals surface area contributed by atoms with Crippen molar-refractivity contribution in [3.63, 3.8) is 0 Å². The first-order valence-electron chi connectivity index (χ1n) is 5.40. The summed E-state index contributed by atoms with van der Waals surface area (Å²) in [6.07, 6.45) is 4.20. The van der Waals surface area contributed by atoms with Crippen molar-refractivity contribution in [1.29, 1.82) is 0 Å². The molecule has 4 nitrogen and oxygen atoms in total. The van der Waals surface area contributed by atoms with Crippen molar-refractivity contribution in [2.75, 3.05) is 0 Å². The molecule has 2 aromatic rings. The van der Waals surface area contributed by atoms with Gasteiger partial charge in [-0.15, -0.1) is 0 Å². The van der Waals surface area contributed by atoms with Crippen LogP contribution in [0.25, 0.3) is 0 Å². The van der Waals surface area contributed by atoms with Gasteiger partial charge in [0, 0.05) is 23.4 Å². The SMILES string of the molecule is CCCn1nccc1C(=O)c1ccc(Br)cn1. The molecule has 2 heterocycles. The van der Waals surface area contributed by atoms with Crippen LogP contribution in [0.1, 0.15) is 29.5 Å². The van der Waals surface area contributed by atoms with Gasteiger partial charge in [0.15, 0.2) is 0 Å². The van der Waals surface area contributed by atoms with Crippen LogP contribution in [0.15, 0.2) is 35.1 Å². The first-order valence-corrected chi connectivity index (χ1v) is 6.19. The average molecular weight is 294 g/mol. The van der Waals surface area contributed by atoms with Crippen LogP contribution in [-0.4, -0.2) is 20.5 Å². The van der Waals surface area contributed by atoms with Crippen molar-refractivity contribution in [3.8, 4) is 0 Å². The number of aromatic nitrogens is 3. The molecule has 88 valence electrons. The Kier molecular flexibility index (Phi) is 3.68. The topological polar surface area (TPSA) is 47.8 Å². The number of nitrogens with zero attached hydrogens (tertiary/aromatic N) is 3. The van der Waals surface area contributed by atoms with Gasteiger partial charge in [0.05, 0.1) is 0 Å². The number of ketones is 1. The highest BCUT2D eigenvalue weighted by molar-refractivity contribution is 9.10. The largest absolute Gasteiger partial charge is 0.285 e. The van der Waals surface area contributed by atoms with Gasteiger partial charge in [0.25, 0.3) is 0 Å². The number of carbonyl (C=O) groups excluding carboxylic acids is 1. The van der Waals surface area contributed by atoms with E-state index in [1.54, 1.807) is 35.3 Å². The highest BCUT2D eigenvalue weighted by Crippen LogP contribution is 2.11. The van der Waals surface area contributed by atoms with Crippen LogP contribution in [0, 0.1) is 0 Å². The first kappa shape index (κ1) is 12.0. The fourth-order valence-corrected chi connectivity index (χ4v) is 1.79. The standard InChI is InChI=1S/C12H12BrN3O/c1-2-7-16-11(5-6-15-16)12(17)10-4-3-9(13)8-14-10/h3-6,8H,2,7H2,1H3. The van der Waals surface area contributed by atoms with Gasteiger partial charge in [-0.1, -0.05) is 6.92 Å². The maximum Gasteiger partial charge on any atom is 0.229 e. The monoisotopic (exact) mass is 293 g/mol. The lowest BCUT2D eigenvalue weighted by Crippen LogP contribution is -2.12. The first-order chi connectivity index (χ1) is 8.22. The van der Waals surface area contributed by atoms with Crippen molar-refractivity contribution in [1.82, 2.24) is 14.8 Å². The van der Waals surface area contributed by atoms with Gasteiger partial charge >= 0.3 is 0 Å². The molecule has 0 atom stereocenters. The van der Waals surface area contributed by atoms with Crippen LogP contribution in [0.3, 0.4) is 0 Å². The van der Waals surface area contributed by atoms with Crippen LogP contribution in [0.2, 0.25) is 0 Å². The summed E-state index contributed by atoms with van der Waals surface area (Å²) in [6.45, 7) is 2.79. The fraction of sp³-hybridized carbons (Fsp3) is 0.250. The third-order valence-corrected chi connectivity index (χ3v) is 2.81. The zero-order valence-electron chi connectivity index (χ0n) is 9.43. The molecule has 0 fully saturated rings. The summed E-state index contributed by atoms with van der Waals surface area (Å²) >= 11 is 3.29. The average Bonchev–Trinajstić information content (AvgIpc) is 2.78. The lowest BCUT2D eigenvalue weighted by atomic mass is 10.2. The minimum Gasteiger partial charge on any atom is -0.285 e. The summed E-state index contributed by atoms with van der Waals surface area (Å²) in [5, 5.41) is 4.13. The Morgan fingerprint density at radius 2 is 2.24 bits per heavy atom. The molecule has 2 aromatic heterocycles. The van der Waals surface area contributed by atoms with E-state index in [2.05, 4.69) is 26.0 Å². The Morgan fingerprint density at radius 3 is 2.88 bits per heavy atom. The molecule has 0 aliphatic rings. The third-order valence-electron chi connectivity index (χ3n) is 2.34. The van der Waals surface area contributed by atoms with Gasteiger partial charge in [-0.2, -0.15) is 5.10 Å². The molecule has 2 rings (SSSR count). The Hall–Kier alpha value is -1.49. The molecule has 5 heteroatoms. The molecule has 0 radical (unpaired) electrons. The minimum atomic E-state index is -0.0940. The number of aryl methyl sites for hydroxylation is 1. The van der Waals surface area contributed by atoms with Crippen LogP contribution in [0.4, 0.5) is 0 Å². The zero-order valence-corrected chi connectivity index (χ0v) is 11.0. The molecule has 0 aromatic carbocycles. The van der Waals surface area contributed by atoms with Gasteiger partial charge < -0.3 is 0 Å². The summed E-state index contributed by atoms with van der Waals surface area (Å²) in [4.78, 5) is 16.3. The van der Waals surface area contributed by atoms with Crippen molar-refractivity contribution in [3.05, 3.63) is 46.5 Å². The van der Waals surface area contributed by atoms with Crippen LogP contribution in [-0.2, 0) is 6.54 Å². The van der Waals surface area contributed by atoms with E-state index in [1.807, 2.05) is 6.92 Å². The van der Waals surface area contributed by atoms with Gasteiger partial charge in [0.1, 0.15) is 11.4 Å². The third kappa shape index (κ3) is 2.61. The van der Waals surface area contributed by atoms with E-state index in [9.17, 15) is 4.79 Å². The van der Waals surface area contributed by atoms with E-state index < -0.39 is 0 Å². The molecular formula is C12H12BrN3O. The van der Waals surface area contributed by atoms with Gasteiger partial charge in [-0.05, 0) is 40.5 Å². The lowest BCUT2D eigenvalue weighted by molar-refractivity contribution is 0.102. The molecular weight excluding hydrogens is 282 g/mol. The molecule has 17 heavy (non-hydrogen) atoms. The fourth-order valence-electron chi connectivity index (χ4n) is 1.56. The van der Waals surface area contributed by atoms with Crippen molar-refractivity contribution in [2.45, 2.75) is 19.9 Å². The minimum absolute atomic E-state index is 0.0940. The smallest absolute Gasteiger partial charge is 0.229 e. The Morgan fingerprint density at radius 1 is 1.41 bits per heavy atom. The Balaban J connectivity index is 2.30. The normalized spacial score (nSPS) is 10.5. The number of carbonyl (C=O) groups is 1. The van der Waals surface area contributed by atoms with Gasteiger partial charge in [0.2, 0.25) is 5.78 Å². The number of halogens is 1. The van der Waals surface area contributed by atoms with E-state index in [4.69, 9.17) is 0 Å². The second-order valence-electron chi connectivity index (χ2n) is 3.63.